The SMILES string of the molecule is C=C(COCP(=O)(O)O)C(CO[Si](C)(C)C(C)(C)C)n1cnc2c(Cl)ncnc21. The topological polar surface area (TPSA) is 120 Å². The molecule has 29 heavy (non-hydrogen) atoms. The first-order chi connectivity index (χ1) is 13.2. The maximum absolute atomic E-state index is 11.1. The summed E-state index contributed by atoms with van der Waals surface area (Å²) in [5.74, 6) is 0. The lowest BCUT2D eigenvalue weighted by atomic mass is 10.1. The van der Waals surface area contributed by atoms with E-state index in [1.54, 1.807) is 10.9 Å². The minimum atomic E-state index is -4.27. The summed E-state index contributed by atoms with van der Waals surface area (Å²) >= 11 is 6.11. The molecule has 1 atom stereocenters. The Morgan fingerprint density at radius 3 is 2.59 bits per heavy atom. The Labute approximate surface area is 176 Å². The lowest BCUT2D eigenvalue weighted by Crippen LogP contribution is -2.42. The van der Waals surface area contributed by atoms with Crippen LogP contribution in [0, 0.1) is 0 Å². The first kappa shape index (κ1) is 24.1. The Balaban J connectivity index is 2.31. The van der Waals surface area contributed by atoms with Crippen LogP contribution in [0.4, 0.5) is 0 Å². The molecule has 0 spiro atoms. The lowest BCUT2D eigenvalue weighted by Gasteiger charge is -2.37. The Morgan fingerprint density at radius 1 is 1.34 bits per heavy atom. The molecule has 2 rings (SSSR count). The van der Waals surface area contributed by atoms with E-state index >= 15 is 0 Å². The third-order valence-corrected chi connectivity index (χ3v) is 10.4. The molecule has 162 valence electrons. The molecule has 0 amide bonds. The maximum atomic E-state index is 11.1. The van der Waals surface area contributed by atoms with E-state index in [4.69, 9.17) is 30.6 Å². The van der Waals surface area contributed by atoms with Crippen molar-refractivity contribution in [2.75, 3.05) is 19.6 Å². The molecule has 2 N–H and O–H groups in total. The summed E-state index contributed by atoms with van der Waals surface area (Å²) in [4.78, 5) is 30.5. The van der Waals surface area contributed by atoms with Crippen LogP contribution in [0.3, 0.4) is 0 Å². The van der Waals surface area contributed by atoms with Crippen molar-refractivity contribution in [1.29, 1.82) is 0 Å². The normalized spacial score (nSPS) is 14.3. The van der Waals surface area contributed by atoms with Crippen LogP contribution < -0.4 is 0 Å². The lowest BCUT2D eigenvalue weighted by molar-refractivity contribution is 0.164. The quantitative estimate of drug-likeness (QED) is 0.250. The van der Waals surface area contributed by atoms with Crippen molar-refractivity contribution < 1.29 is 23.5 Å². The van der Waals surface area contributed by atoms with Crippen molar-refractivity contribution in [2.24, 2.45) is 0 Å². The van der Waals surface area contributed by atoms with E-state index in [1.807, 2.05) is 0 Å². The highest BCUT2D eigenvalue weighted by Crippen LogP contribution is 2.38. The van der Waals surface area contributed by atoms with E-state index in [0.717, 1.165) is 0 Å². The zero-order valence-electron chi connectivity index (χ0n) is 17.3. The molecule has 0 radical (unpaired) electrons. The van der Waals surface area contributed by atoms with Gasteiger partial charge >= 0.3 is 7.60 Å². The van der Waals surface area contributed by atoms with Crippen LogP contribution in [0.15, 0.2) is 24.8 Å². The molecule has 0 aliphatic heterocycles. The van der Waals surface area contributed by atoms with Gasteiger partial charge in [-0.1, -0.05) is 39.0 Å². The van der Waals surface area contributed by atoms with E-state index in [1.165, 1.54) is 6.33 Å². The number of rotatable bonds is 9. The molecule has 2 aromatic heterocycles. The van der Waals surface area contributed by atoms with Crippen molar-refractivity contribution in [3.05, 3.63) is 30.0 Å². The van der Waals surface area contributed by atoms with Gasteiger partial charge in [0, 0.05) is 0 Å². The summed E-state index contributed by atoms with van der Waals surface area (Å²) in [5, 5.41) is 0.249. The van der Waals surface area contributed by atoms with Gasteiger partial charge in [-0.25, -0.2) is 15.0 Å². The van der Waals surface area contributed by atoms with Crippen molar-refractivity contribution in [3.8, 4) is 0 Å². The van der Waals surface area contributed by atoms with E-state index < -0.39 is 28.3 Å². The summed E-state index contributed by atoms with van der Waals surface area (Å²) < 4.78 is 24.4. The Kier molecular flexibility index (Phi) is 7.43. The van der Waals surface area contributed by atoms with Crippen LogP contribution in [-0.4, -0.2) is 57.2 Å². The highest BCUT2D eigenvalue weighted by Gasteiger charge is 2.38. The fourth-order valence-electron chi connectivity index (χ4n) is 2.34. The Hall–Kier alpha value is -1.13. The van der Waals surface area contributed by atoms with E-state index in [9.17, 15) is 4.57 Å². The first-order valence-electron chi connectivity index (χ1n) is 9.00. The summed E-state index contributed by atoms with van der Waals surface area (Å²) in [6, 6.07) is -0.406. The van der Waals surface area contributed by atoms with Crippen LogP contribution >= 0.6 is 19.2 Å². The van der Waals surface area contributed by atoms with Gasteiger partial charge in [0.15, 0.2) is 19.1 Å². The van der Waals surface area contributed by atoms with Gasteiger partial charge in [0.05, 0.1) is 25.6 Å². The summed E-state index contributed by atoms with van der Waals surface area (Å²) in [7, 11) is -6.33. The number of fused-ring (bicyclic) bond motifs is 1. The van der Waals surface area contributed by atoms with E-state index in [2.05, 4.69) is 55.4 Å². The number of ether oxygens (including phenoxy) is 1. The predicted molar refractivity (Wildman–Crippen MR) is 115 cm³/mol. The number of hydrogen-bond donors (Lipinski definition) is 2. The van der Waals surface area contributed by atoms with E-state index in [0.29, 0.717) is 23.3 Å². The molecule has 0 saturated heterocycles. The third kappa shape index (κ3) is 6.18. The fraction of sp³-hybridized carbons (Fsp3) is 0.588. The Morgan fingerprint density at radius 2 is 2.00 bits per heavy atom. The molecule has 0 bridgehead atoms. The molecule has 2 heterocycles. The van der Waals surface area contributed by atoms with Crippen LogP contribution in [0.2, 0.25) is 23.3 Å². The van der Waals surface area contributed by atoms with Crippen molar-refractivity contribution in [1.82, 2.24) is 19.5 Å². The smallest absolute Gasteiger partial charge is 0.350 e. The van der Waals surface area contributed by atoms with Gasteiger partial charge in [0.25, 0.3) is 0 Å². The molecule has 0 aromatic carbocycles. The highest BCUT2D eigenvalue weighted by molar-refractivity contribution is 7.51. The second-order valence-electron chi connectivity index (χ2n) is 8.38. The van der Waals surface area contributed by atoms with Gasteiger partial charge in [-0.05, 0) is 23.7 Å². The average molecular weight is 463 g/mol. The molecule has 0 fully saturated rings. The van der Waals surface area contributed by atoms with Gasteiger partial charge < -0.3 is 23.5 Å². The van der Waals surface area contributed by atoms with Gasteiger partial charge in [0.1, 0.15) is 18.2 Å². The molecular formula is C17H28ClN4O5PSi. The fourth-order valence-corrected chi connectivity index (χ4v) is 3.86. The van der Waals surface area contributed by atoms with Gasteiger partial charge in [0.2, 0.25) is 0 Å². The molecule has 1 unspecified atom stereocenters. The number of hydrogen-bond acceptors (Lipinski definition) is 6. The number of imidazole rings is 1. The minimum absolute atomic E-state index is 0.0122. The predicted octanol–water partition coefficient (Wildman–Crippen LogP) is 3.75. The number of aromatic nitrogens is 4. The molecule has 0 aliphatic rings. The Bertz CT molecular complexity index is 924. The summed E-state index contributed by atoms with van der Waals surface area (Å²) in [6.45, 7) is 15.0. The van der Waals surface area contributed by atoms with E-state index in [-0.39, 0.29) is 16.8 Å². The van der Waals surface area contributed by atoms with Crippen LogP contribution in [0.5, 0.6) is 0 Å². The third-order valence-electron chi connectivity index (χ3n) is 5.08. The molecule has 2 aromatic rings. The van der Waals surface area contributed by atoms with Gasteiger partial charge in [-0.2, -0.15) is 0 Å². The monoisotopic (exact) mass is 462 g/mol. The van der Waals surface area contributed by atoms with Crippen LogP contribution in [0.1, 0.15) is 26.8 Å². The minimum Gasteiger partial charge on any atom is -0.414 e. The second kappa shape index (κ2) is 8.93. The zero-order chi connectivity index (χ0) is 22.0. The van der Waals surface area contributed by atoms with Gasteiger partial charge in [-0.15, -0.1) is 0 Å². The van der Waals surface area contributed by atoms with Crippen molar-refractivity contribution in [2.45, 2.75) is 44.9 Å². The molecule has 0 aliphatic carbocycles. The zero-order valence-corrected chi connectivity index (χ0v) is 19.9. The first-order valence-corrected chi connectivity index (χ1v) is 14.1. The highest BCUT2D eigenvalue weighted by atomic mass is 35.5. The summed E-state index contributed by atoms with van der Waals surface area (Å²) in [6.07, 6.45) is 2.25. The van der Waals surface area contributed by atoms with Crippen LogP contribution in [0.25, 0.3) is 11.2 Å². The molecule has 9 nitrogen and oxygen atoms in total. The second-order valence-corrected chi connectivity index (χ2v) is 15.1. The van der Waals surface area contributed by atoms with Crippen molar-refractivity contribution >= 4 is 38.7 Å². The number of nitrogens with zero attached hydrogens (tertiary/aromatic N) is 4. The average Bonchev–Trinajstić information content (AvgIpc) is 2.98. The van der Waals surface area contributed by atoms with Crippen molar-refractivity contribution in [3.63, 3.8) is 0 Å². The largest absolute Gasteiger partial charge is 0.414 e. The molecule has 12 heteroatoms. The summed E-state index contributed by atoms with van der Waals surface area (Å²) in [5.41, 5.74) is 1.55. The van der Waals surface area contributed by atoms with Gasteiger partial charge in [-0.3, -0.25) is 4.57 Å². The van der Waals surface area contributed by atoms with Crippen LogP contribution in [-0.2, 0) is 13.7 Å². The molecular weight excluding hydrogens is 435 g/mol. The standard InChI is InChI=1S/C17H28ClN4O5PSi/c1-12(7-26-11-28(23,24)25)13(8-27-29(5,6)17(2,3)4)22-10-21-14-15(18)19-9-20-16(14)22/h9-10,13H,1,7-8,11H2,2-6H3,(H2,23,24,25). The maximum Gasteiger partial charge on any atom is 0.350 e. The molecule has 0 saturated carbocycles. The number of halogens is 1.